The summed E-state index contributed by atoms with van der Waals surface area (Å²) < 4.78 is 0. The van der Waals surface area contributed by atoms with Crippen LogP contribution in [-0.4, -0.2) is 11.5 Å². The Labute approximate surface area is 65.6 Å². The Morgan fingerprint density at radius 1 is 1.55 bits per heavy atom. The maximum absolute atomic E-state index is 5.45. The predicted molar refractivity (Wildman–Crippen MR) is 44.3 cm³/mol. The molecule has 1 aromatic rings. The molecule has 58 valence electrons. The highest BCUT2D eigenvalue weighted by Gasteiger charge is 2.10. The van der Waals surface area contributed by atoms with Crippen LogP contribution in [0.2, 0.25) is 0 Å². The minimum atomic E-state index is 0.523. The van der Waals surface area contributed by atoms with Crippen molar-refractivity contribution in [1.29, 1.82) is 0 Å². The highest BCUT2D eigenvalue weighted by molar-refractivity contribution is 5.49. The van der Waals surface area contributed by atoms with E-state index < -0.39 is 0 Å². The number of nitrogens with one attached hydrogen (secondary N) is 1. The molecule has 0 saturated carbocycles. The first-order valence-corrected chi connectivity index (χ1v) is 3.83. The Hall–Kier alpha value is -1.09. The Morgan fingerprint density at radius 2 is 2.45 bits per heavy atom. The van der Waals surface area contributed by atoms with E-state index in [2.05, 4.69) is 16.4 Å². The second kappa shape index (κ2) is 2.51. The van der Waals surface area contributed by atoms with Crippen LogP contribution in [0.15, 0.2) is 12.1 Å². The van der Waals surface area contributed by atoms with Gasteiger partial charge in [-0.3, -0.25) is 0 Å². The molecule has 3 heteroatoms. The lowest BCUT2D eigenvalue weighted by atomic mass is 10.2. The lowest BCUT2D eigenvalue weighted by molar-refractivity contribution is 0.991. The van der Waals surface area contributed by atoms with Crippen molar-refractivity contribution in [3.05, 3.63) is 23.4 Å². The zero-order valence-corrected chi connectivity index (χ0v) is 6.30. The van der Waals surface area contributed by atoms with Gasteiger partial charge in [-0.25, -0.2) is 4.98 Å². The molecule has 2 rings (SSSR count). The fraction of sp³-hybridized carbons (Fsp3) is 0.375. The van der Waals surface area contributed by atoms with E-state index in [1.165, 1.54) is 5.56 Å². The molecule has 0 spiro atoms. The van der Waals surface area contributed by atoms with Crippen LogP contribution in [0.1, 0.15) is 11.3 Å². The van der Waals surface area contributed by atoms with Gasteiger partial charge in [0.2, 0.25) is 0 Å². The van der Waals surface area contributed by atoms with Gasteiger partial charge in [0.1, 0.15) is 5.82 Å². The third-order valence-electron chi connectivity index (χ3n) is 1.93. The molecule has 0 saturated heterocycles. The molecular weight excluding hydrogens is 138 g/mol. The number of rotatable bonds is 1. The number of hydrogen-bond donors (Lipinski definition) is 2. The number of pyridine rings is 1. The van der Waals surface area contributed by atoms with Gasteiger partial charge in [0.15, 0.2) is 0 Å². The van der Waals surface area contributed by atoms with Crippen LogP contribution in [0.25, 0.3) is 0 Å². The highest BCUT2D eigenvalue weighted by Crippen LogP contribution is 2.18. The predicted octanol–water partition coefficient (Wildman–Crippen LogP) is 0.508. The third kappa shape index (κ3) is 1.07. The number of aromatic nitrogens is 1. The van der Waals surface area contributed by atoms with Crippen molar-refractivity contribution in [3.63, 3.8) is 0 Å². The average Bonchev–Trinajstić information content (AvgIpc) is 2.50. The molecule has 0 atom stereocenters. The summed E-state index contributed by atoms with van der Waals surface area (Å²) in [6.07, 6.45) is 1.09. The van der Waals surface area contributed by atoms with E-state index in [0.29, 0.717) is 6.54 Å². The number of hydrogen-bond acceptors (Lipinski definition) is 3. The van der Waals surface area contributed by atoms with Crippen molar-refractivity contribution >= 4 is 5.82 Å². The first kappa shape index (κ1) is 6.61. The summed E-state index contributed by atoms with van der Waals surface area (Å²) in [5.41, 5.74) is 7.72. The van der Waals surface area contributed by atoms with Gasteiger partial charge in [-0.2, -0.15) is 0 Å². The number of anilines is 1. The molecule has 0 unspecified atom stereocenters. The van der Waals surface area contributed by atoms with Gasteiger partial charge < -0.3 is 11.1 Å². The first-order valence-electron chi connectivity index (χ1n) is 3.83. The smallest absolute Gasteiger partial charge is 0.129 e. The fourth-order valence-corrected chi connectivity index (χ4v) is 1.31. The van der Waals surface area contributed by atoms with Crippen LogP contribution in [0, 0.1) is 0 Å². The van der Waals surface area contributed by atoms with E-state index in [1.807, 2.05) is 6.07 Å². The molecule has 0 aliphatic carbocycles. The second-order valence-electron chi connectivity index (χ2n) is 2.69. The number of nitrogens with zero attached hydrogens (tertiary/aromatic N) is 1. The normalized spacial score (nSPS) is 14.3. The van der Waals surface area contributed by atoms with Crippen LogP contribution in [0.4, 0.5) is 5.82 Å². The molecule has 0 fully saturated rings. The Balaban J connectivity index is 2.41. The van der Waals surface area contributed by atoms with E-state index in [0.717, 1.165) is 24.5 Å². The van der Waals surface area contributed by atoms with Gasteiger partial charge in [-0.05, 0) is 18.1 Å². The maximum Gasteiger partial charge on any atom is 0.129 e. The fourth-order valence-electron chi connectivity index (χ4n) is 1.31. The molecule has 3 N–H and O–H groups in total. The molecule has 0 amide bonds. The van der Waals surface area contributed by atoms with Crippen molar-refractivity contribution in [2.45, 2.75) is 13.0 Å². The van der Waals surface area contributed by atoms with Gasteiger partial charge in [0.05, 0.1) is 5.69 Å². The summed E-state index contributed by atoms with van der Waals surface area (Å²) in [5, 5.41) is 3.21. The third-order valence-corrected chi connectivity index (χ3v) is 1.93. The SMILES string of the molecule is NCc1ccc2c(n1)NCC2. The standard InChI is InChI=1S/C8H11N3/c9-5-7-2-1-6-3-4-10-8(6)11-7/h1-2H,3-5,9H2,(H,10,11). The Bertz CT molecular complexity index is 270. The molecule has 1 aliphatic rings. The topological polar surface area (TPSA) is 50.9 Å². The van der Waals surface area contributed by atoms with E-state index in [4.69, 9.17) is 5.73 Å². The van der Waals surface area contributed by atoms with E-state index in [1.54, 1.807) is 0 Å². The molecule has 0 radical (unpaired) electrons. The average molecular weight is 149 g/mol. The van der Waals surface area contributed by atoms with Crippen LogP contribution in [-0.2, 0) is 13.0 Å². The summed E-state index contributed by atoms with van der Waals surface area (Å²) in [7, 11) is 0. The largest absolute Gasteiger partial charge is 0.370 e. The van der Waals surface area contributed by atoms with E-state index in [9.17, 15) is 0 Å². The van der Waals surface area contributed by atoms with Gasteiger partial charge in [0.25, 0.3) is 0 Å². The molecule has 3 nitrogen and oxygen atoms in total. The Kier molecular flexibility index (Phi) is 1.51. The monoisotopic (exact) mass is 149 g/mol. The van der Waals surface area contributed by atoms with Gasteiger partial charge in [-0.1, -0.05) is 6.07 Å². The van der Waals surface area contributed by atoms with Crippen molar-refractivity contribution in [2.24, 2.45) is 5.73 Å². The second-order valence-corrected chi connectivity index (χ2v) is 2.69. The van der Waals surface area contributed by atoms with Gasteiger partial charge in [0, 0.05) is 13.1 Å². The highest BCUT2D eigenvalue weighted by atomic mass is 15.0. The zero-order chi connectivity index (χ0) is 7.68. The lowest BCUT2D eigenvalue weighted by Crippen LogP contribution is -2.01. The van der Waals surface area contributed by atoms with Crippen molar-refractivity contribution in [3.8, 4) is 0 Å². The number of nitrogens with two attached hydrogens (primary N) is 1. The van der Waals surface area contributed by atoms with Crippen LogP contribution in [0.3, 0.4) is 0 Å². The van der Waals surface area contributed by atoms with Gasteiger partial charge in [-0.15, -0.1) is 0 Å². The van der Waals surface area contributed by atoms with Crippen LogP contribution < -0.4 is 11.1 Å². The summed E-state index contributed by atoms with van der Waals surface area (Å²) >= 11 is 0. The molecule has 0 bridgehead atoms. The van der Waals surface area contributed by atoms with Crippen LogP contribution in [0.5, 0.6) is 0 Å². The summed E-state index contributed by atoms with van der Waals surface area (Å²) in [5.74, 6) is 1.02. The van der Waals surface area contributed by atoms with E-state index in [-0.39, 0.29) is 0 Å². The molecule has 11 heavy (non-hydrogen) atoms. The van der Waals surface area contributed by atoms with E-state index >= 15 is 0 Å². The lowest BCUT2D eigenvalue weighted by Gasteiger charge is -2.00. The first-order chi connectivity index (χ1) is 5.40. The molecule has 2 heterocycles. The number of fused-ring (bicyclic) bond motifs is 1. The minimum absolute atomic E-state index is 0.523. The molecular formula is C8H11N3. The summed E-state index contributed by atoms with van der Waals surface area (Å²) in [6, 6.07) is 4.09. The molecule has 1 aliphatic heterocycles. The Morgan fingerprint density at radius 3 is 3.27 bits per heavy atom. The van der Waals surface area contributed by atoms with Crippen molar-refractivity contribution in [1.82, 2.24) is 4.98 Å². The minimum Gasteiger partial charge on any atom is -0.370 e. The van der Waals surface area contributed by atoms with Crippen molar-refractivity contribution in [2.75, 3.05) is 11.9 Å². The summed E-state index contributed by atoms with van der Waals surface area (Å²) in [4.78, 5) is 4.34. The van der Waals surface area contributed by atoms with Gasteiger partial charge >= 0.3 is 0 Å². The summed E-state index contributed by atoms with van der Waals surface area (Å²) in [6.45, 7) is 1.53. The quantitative estimate of drug-likeness (QED) is 0.611. The maximum atomic E-state index is 5.45. The molecule has 0 aromatic carbocycles. The molecule has 1 aromatic heterocycles. The zero-order valence-electron chi connectivity index (χ0n) is 6.30. The van der Waals surface area contributed by atoms with Crippen molar-refractivity contribution < 1.29 is 0 Å². The van der Waals surface area contributed by atoms with Crippen LogP contribution >= 0.6 is 0 Å².